The van der Waals surface area contributed by atoms with E-state index in [1.807, 2.05) is 39.0 Å². The van der Waals surface area contributed by atoms with Crippen LogP contribution in [0.4, 0.5) is 5.13 Å². The second kappa shape index (κ2) is 8.63. The predicted molar refractivity (Wildman–Crippen MR) is 95.1 cm³/mol. The maximum Gasteiger partial charge on any atom is 0.226 e. The van der Waals surface area contributed by atoms with Gasteiger partial charge < -0.3 is 14.8 Å². The number of benzene rings is 1. The Balaban J connectivity index is 1.91. The number of hydrogen-bond acceptors (Lipinski definition) is 6. The van der Waals surface area contributed by atoms with Crippen LogP contribution in [0.5, 0.6) is 11.5 Å². The first-order valence-electron chi connectivity index (χ1n) is 7.96. The smallest absolute Gasteiger partial charge is 0.226 e. The van der Waals surface area contributed by atoms with Crippen molar-refractivity contribution in [2.75, 3.05) is 19.0 Å². The summed E-state index contributed by atoms with van der Waals surface area (Å²) in [6, 6.07) is 5.72. The van der Waals surface area contributed by atoms with Crippen LogP contribution >= 0.6 is 11.3 Å². The van der Waals surface area contributed by atoms with Gasteiger partial charge in [0.05, 0.1) is 13.7 Å². The zero-order valence-electron chi connectivity index (χ0n) is 14.5. The van der Waals surface area contributed by atoms with Crippen LogP contribution < -0.4 is 14.8 Å². The van der Waals surface area contributed by atoms with Crippen LogP contribution in [0.1, 0.15) is 43.7 Å². The van der Waals surface area contributed by atoms with E-state index in [0.29, 0.717) is 42.0 Å². The number of methoxy groups -OCH3 is 1. The summed E-state index contributed by atoms with van der Waals surface area (Å²) in [4.78, 5) is 12.1. The van der Waals surface area contributed by atoms with E-state index in [9.17, 15) is 4.79 Å². The van der Waals surface area contributed by atoms with Gasteiger partial charge in [0.1, 0.15) is 5.01 Å². The molecule has 0 saturated carbocycles. The Morgan fingerprint density at radius 1 is 1.29 bits per heavy atom. The van der Waals surface area contributed by atoms with Crippen LogP contribution in [0.15, 0.2) is 18.2 Å². The quantitative estimate of drug-likeness (QED) is 0.787. The minimum atomic E-state index is -0.0747. The van der Waals surface area contributed by atoms with Gasteiger partial charge in [0.15, 0.2) is 11.5 Å². The van der Waals surface area contributed by atoms with Crippen molar-refractivity contribution < 1.29 is 14.3 Å². The Bertz CT molecular complexity index is 685. The summed E-state index contributed by atoms with van der Waals surface area (Å²) < 4.78 is 10.8. The molecule has 0 atom stereocenters. The molecule has 1 aromatic carbocycles. The van der Waals surface area contributed by atoms with Crippen molar-refractivity contribution in [3.8, 4) is 11.5 Å². The van der Waals surface area contributed by atoms with Crippen LogP contribution in [0.2, 0.25) is 0 Å². The van der Waals surface area contributed by atoms with Gasteiger partial charge in [-0.3, -0.25) is 4.79 Å². The largest absolute Gasteiger partial charge is 0.493 e. The Labute approximate surface area is 146 Å². The Hall–Kier alpha value is -2.15. The molecule has 24 heavy (non-hydrogen) atoms. The first-order chi connectivity index (χ1) is 11.5. The normalized spacial score (nSPS) is 10.7. The number of hydrogen-bond donors (Lipinski definition) is 1. The molecule has 130 valence electrons. The van der Waals surface area contributed by atoms with Crippen molar-refractivity contribution in [3.63, 3.8) is 0 Å². The molecule has 0 unspecified atom stereocenters. The molecule has 1 N–H and O–H groups in total. The topological polar surface area (TPSA) is 73.3 Å². The van der Waals surface area contributed by atoms with Gasteiger partial charge in [0, 0.05) is 12.3 Å². The number of anilines is 1. The average molecular weight is 349 g/mol. The number of nitrogens with zero attached hydrogens (tertiary/aromatic N) is 2. The fourth-order valence-electron chi connectivity index (χ4n) is 2.10. The molecule has 0 aliphatic rings. The zero-order valence-corrected chi connectivity index (χ0v) is 15.3. The molecule has 1 amide bonds. The molecular weight excluding hydrogens is 326 g/mol. The molecule has 0 saturated heterocycles. The van der Waals surface area contributed by atoms with E-state index >= 15 is 0 Å². The van der Waals surface area contributed by atoms with Crippen LogP contribution in [-0.2, 0) is 11.2 Å². The number of rotatable bonds is 8. The maximum absolute atomic E-state index is 12.1. The minimum Gasteiger partial charge on any atom is -0.493 e. The summed E-state index contributed by atoms with van der Waals surface area (Å²) in [5.41, 5.74) is 1.02. The average Bonchev–Trinajstić information content (AvgIpc) is 3.03. The van der Waals surface area contributed by atoms with Gasteiger partial charge in [0.25, 0.3) is 0 Å². The summed E-state index contributed by atoms with van der Waals surface area (Å²) in [7, 11) is 1.61. The first-order valence-corrected chi connectivity index (χ1v) is 8.78. The Morgan fingerprint density at radius 3 is 2.71 bits per heavy atom. The van der Waals surface area contributed by atoms with Gasteiger partial charge in [0.2, 0.25) is 11.0 Å². The molecular formula is C17H23N3O3S. The molecule has 0 spiro atoms. The maximum atomic E-state index is 12.1. The monoisotopic (exact) mass is 349 g/mol. The molecule has 0 aliphatic carbocycles. The lowest BCUT2D eigenvalue weighted by molar-refractivity contribution is -0.116. The van der Waals surface area contributed by atoms with Crippen LogP contribution in [0, 0.1) is 0 Å². The van der Waals surface area contributed by atoms with E-state index < -0.39 is 0 Å². The van der Waals surface area contributed by atoms with E-state index in [4.69, 9.17) is 9.47 Å². The van der Waals surface area contributed by atoms with E-state index in [1.54, 1.807) is 7.11 Å². The summed E-state index contributed by atoms with van der Waals surface area (Å²) in [6.07, 6.45) is 0.984. The number of aromatic nitrogens is 2. The third-order valence-electron chi connectivity index (χ3n) is 3.35. The molecule has 0 radical (unpaired) electrons. The third-order valence-corrected chi connectivity index (χ3v) is 4.49. The number of nitrogens with one attached hydrogen (secondary N) is 1. The highest BCUT2D eigenvalue weighted by molar-refractivity contribution is 7.15. The van der Waals surface area contributed by atoms with Crippen molar-refractivity contribution in [1.82, 2.24) is 10.2 Å². The summed E-state index contributed by atoms with van der Waals surface area (Å²) in [5, 5.41) is 12.3. The minimum absolute atomic E-state index is 0.0747. The number of ether oxygens (including phenoxy) is 2. The van der Waals surface area contributed by atoms with Gasteiger partial charge in [-0.15, -0.1) is 10.2 Å². The van der Waals surface area contributed by atoms with E-state index in [2.05, 4.69) is 15.5 Å². The second-order valence-corrected chi connectivity index (χ2v) is 6.58. The summed E-state index contributed by atoms with van der Waals surface area (Å²) >= 11 is 1.41. The number of carbonyl (C=O) groups is 1. The molecule has 0 bridgehead atoms. The molecule has 7 heteroatoms. The van der Waals surface area contributed by atoms with Gasteiger partial charge >= 0.3 is 0 Å². The molecule has 6 nitrogen and oxygen atoms in total. The SMILES string of the molecule is CCOc1ccc(CCC(=O)Nc2nnc(C(C)C)s2)cc1OC. The number of aryl methyl sites for hydroxylation is 1. The van der Waals surface area contributed by atoms with Gasteiger partial charge in [-0.05, 0) is 31.0 Å². The lowest BCUT2D eigenvalue weighted by atomic mass is 10.1. The molecule has 1 aromatic heterocycles. The van der Waals surface area contributed by atoms with Gasteiger partial charge in [-0.1, -0.05) is 31.3 Å². The first kappa shape index (κ1) is 18.2. The van der Waals surface area contributed by atoms with Crippen LogP contribution in [-0.4, -0.2) is 29.8 Å². The van der Waals surface area contributed by atoms with E-state index in [0.717, 1.165) is 10.6 Å². The Kier molecular flexibility index (Phi) is 6.54. The van der Waals surface area contributed by atoms with Crippen LogP contribution in [0.3, 0.4) is 0 Å². The second-order valence-electron chi connectivity index (χ2n) is 5.57. The highest BCUT2D eigenvalue weighted by atomic mass is 32.1. The molecule has 2 rings (SSSR count). The van der Waals surface area contributed by atoms with Gasteiger partial charge in [-0.2, -0.15) is 0 Å². The summed E-state index contributed by atoms with van der Waals surface area (Å²) in [5.74, 6) is 1.63. The van der Waals surface area contributed by atoms with Crippen molar-refractivity contribution in [2.24, 2.45) is 0 Å². The van der Waals surface area contributed by atoms with Gasteiger partial charge in [-0.25, -0.2) is 0 Å². The highest BCUT2D eigenvalue weighted by Crippen LogP contribution is 2.28. The molecule has 2 aromatic rings. The highest BCUT2D eigenvalue weighted by Gasteiger charge is 2.11. The Morgan fingerprint density at radius 2 is 2.08 bits per heavy atom. The predicted octanol–water partition coefficient (Wildman–Crippen LogP) is 3.64. The molecule has 1 heterocycles. The van der Waals surface area contributed by atoms with Crippen molar-refractivity contribution >= 4 is 22.4 Å². The lowest BCUT2D eigenvalue weighted by Gasteiger charge is -2.10. The fraction of sp³-hybridized carbons (Fsp3) is 0.471. The zero-order chi connectivity index (χ0) is 17.5. The van der Waals surface area contributed by atoms with Crippen molar-refractivity contribution in [2.45, 2.75) is 39.5 Å². The van der Waals surface area contributed by atoms with Crippen molar-refractivity contribution in [3.05, 3.63) is 28.8 Å². The van der Waals surface area contributed by atoms with Crippen LogP contribution in [0.25, 0.3) is 0 Å². The number of carbonyl (C=O) groups excluding carboxylic acids is 1. The van der Waals surface area contributed by atoms with E-state index in [1.165, 1.54) is 11.3 Å². The summed E-state index contributed by atoms with van der Waals surface area (Å²) in [6.45, 7) is 6.60. The lowest BCUT2D eigenvalue weighted by Crippen LogP contribution is -2.12. The fourth-order valence-corrected chi connectivity index (χ4v) is 2.86. The molecule has 0 aliphatic heterocycles. The standard InChI is InChI=1S/C17H23N3O3S/c1-5-23-13-8-6-12(10-14(13)22-4)7-9-15(21)18-17-20-19-16(24-17)11(2)3/h6,8,10-11H,5,7,9H2,1-4H3,(H,18,20,21). The number of amides is 1. The van der Waals surface area contributed by atoms with E-state index in [-0.39, 0.29) is 5.91 Å². The third kappa shape index (κ3) is 4.92. The molecule has 0 fully saturated rings. The van der Waals surface area contributed by atoms with Crippen molar-refractivity contribution in [1.29, 1.82) is 0 Å².